The summed E-state index contributed by atoms with van der Waals surface area (Å²) in [6, 6.07) is 4.03. The molecule has 0 aliphatic rings. The SMILES string of the molecule is Cc1cc(C(C)(C)C)cc(C)c1NC(=O)C(N)=O. The molecule has 1 rings (SSSR count). The van der Waals surface area contributed by atoms with Crippen molar-refractivity contribution in [2.75, 3.05) is 5.32 Å². The lowest BCUT2D eigenvalue weighted by molar-refractivity contribution is -0.134. The Kier molecular flexibility index (Phi) is 3.79. The quantitative estimate of drug-likeness (QED) is 0.746. The molecule has 1 aromatic rings. The summed E-state index contributed by atoms with van der Waals surface area (Å²) in [6.07, 6.45) is 0. The molecule has 0 unspecified atom stereocenters. The summed E-state index contributed by atoms with van der Waals surface area (Å²) in [4.78, 5) is 22.1. The third-order valence-corrected chi connectivity index (χ3v) is 2.86. The highest BCUT2D eigenvalue weighted by Crippen LogP contribution is 2.29. The second-order valence-corrected chi connectivity index (χ2v) is 5.55. The predicted molar refractivity (Wildman–Crippen MR) is 72.4 cm³/mol. The molecule has 0 spiro atoms. The minimum Gasteiger partial charge on any atom is -0.361 e. The first-order valence-corrected chi connectivity index (χ1v) is 5.85. The van der Waals surface area contributed by atoms with E-state index in [9.17, 15) is 9.59 Å². The van der Waals surface area contributed by atoms with Crippen LogP contribution in [0.4, 0.5) is 5.69 Å². The van der Waals surface area contributed by atoms with Crippen LogP contribution in [-0.2, 0) is 15.0 Å². The Morgan fingerprint density at radius 3 is 1.89 bits per heavy atom. The summed E-state index contributed by atoms with van der Waals surface area (Å²) in [6.45, 7) is 10.2. The molecule has 0 aromatic heterocycles. The molecule has 4 nitrogen and oxygen atoms in total. The zero-order chi connectivity index (χ0) is 14.1. The van der Waals surface area contributed by atoms with Gasteiger partial charge in [0.05, 0.1) is 0 Å². The number of aryl methyl sites for hydroxylation is 2. The van der Waals surface area contributed by atoms with Crippen LogP contribution < -0.4 is 11.1 Å². The number of nitrogens with one attached hydrogen (secondary N) is 1. The van der Waals surface area contributed by atoms with Crippen molar-refractivity contribution in [2.45, 2.75) is 40.0 Å². The van der Waals surface area contributed by atoms with E-state index < -0.39 is 11.8 Å². The van der Waals surface area contributed by atoms with Crippen LogP contribution in [0.2, 0.25) is 0 Å². The van der Waals surface area contributed by atoms with E-state index in [1.807, 2.05) is 26.0 Å². The average Bonchev–Trinajstić information content (AvgIpc) is 2.21. The maximum absolute atomic E-state index is 11.3. The molecule has 3 N–H and O–H groups in total. The van der Waals surface area contributed by atoms with Crippen LogP contribution in [-0.4, -0.2) is 11.8 Å². The highest BCUT2D eigenvalue weighted by molar-refractivity contribution is 6.39. The van der Waals surface area contributed by atoms with Gasteiger partial charge in [-0.3, -0.25) is 9.59 Å². The Morgan fingerprint density at radius 1 is 1.11 bits per heavy atom. The standard InChI is InChI=1S/C14H20N2O2/c1-8-6-10(14(3,4)5)7-9(2)11(8)16-13(18)12(15)17/h6-7H,1-5H3,(H2,15,17)(H,16,18). The van der Waals surface area contributed by atoms with Crippen LogP contribution in [0.15, 0.2) is 12.1 Å². The third kappa shape index (κ3) is 3.09. The van der Waals surface area contributed by atoms with Crippen LogP contribution in [0.3, 0.4) is 0 Å². The van der Waals surface area contributed by atoms with Gasteiger partial charge in [0, 0.05) is 5.69 Å². The Balaban J connectivity index is 3.17. The van der Waals surface area contributed by atoms with Gasteiger partial charge in [-0.25, -0.2) is 0 Å². The largest absolute Gasteiger partial charge is 0.361 e. The van der Waals surface area contributed by atoms with Crippen molar-refractivity contribution in [3.8, 4) is 0 Å². The molecule has 98 valence electrons. The molecule has 18 heavy (non-hydrogen) atoms. The first kappa shape index (κ1) is 14.2. The highest BCUT2D eigenvalue weighted by Gasteiger charge is 2.18. The second kappa shape index (κ2) is 4.80. The van der Waals surface area contributed by atoms with Gasteiger partial charge in [-0.15, -0.1) is 0 Å². The van der Waals surface area contributed by atoms with E-state index >= 15 is 0 Å². The molecule has 2 amide bonds. The van der Waals surface area contributed by atoms with Gasteiger partial charge in [0.1, 0.15) is 0 Å². The summed E-state index contributed by atoms with van der Waals surface area (Å²) in [5.74, 6) is -1.77. The first-order valence-electron chi connectivity index (χ1n) is 5.85. The molecule has 0 saturated carbocycles. The lowest BCUT2D eigenvalue weighted by Crippen LogP contribution is -2.30. The van der Waals surface area contributed by atoms with Crippen LogP contribution in [0, 0.1) is 13.8 Å². The fourth-order valence-electron chi connectivity index (χ4n) is 1.77. The fourth-order valence-corrected chi connectivity index (χ4v) is 1.77. The minimum absolute atomic E-state index is 0.0434. The smallest absolute Gasteiger partial charge is 0.313 e. The second-order valence-electron chi connectivity index (χ2n) is 5.55. The van der Waals surface area contributed by atoms with Gasteiger partial charge in [0.25, 0.3) is 0 Å². The van der Waals surface area contributed by atoms with Gasteiger partial charge in [-0.1, -0.05) is 32.9 Å². The monoisotopic (exact) mass is 248 g/mol. The lowest BCUT2D eigenvalue weighted by Gasteiger charge is -2.22. The van der Waals surface area contributed by atoms with Gasteiger partial charge in [-0.2, -0.15) is 0 Å². The van der Waals surface area contributed by atoms with E-state index in [4.69, 9.17) is 5.73 Å². The van der Waals surface area contributed by atoms with E-state index in [0.717, 1.165) is 11.1 Å². The molecule has 0 heterocycles. The number of hydrogen-bond acceptors (Lipinski definition) is 2. The average molecular weight is 248 g/mol. The summed E-state index contributed by atoms with van der Waals surface area (Å²) in [5, 5.41) is 2.54. The number of primary amides is 1. The number of rotatable bonds is 1. The summed E-state index contributed by atoms with van der Waals surface area (Å²) in [7, 11) is 0. The van der Waals surface area contributed by atoms with Gasteiger partial charge < -0.3 is 11.1 Å². The number of hydrogen-bond donors (Lipinski definition) is 2. The molecule has 0 aliphatic carbocycles. The zero-order valence-corrected chi connectivity index (χ0v) is 11.5. The molecule has 0 radical (unpaired) electrons. The number of anilines is 1. The van der Waals surface area contributed by atoms with Gasteiger partial charge >= 0.3 is 11.8 Å². The number of carbonyl (C=O) groups is 2. The van der Waals surface area contributed by atoms with Crippen molar-refractivity contribution in [2.24, 2.45) is 5.73 Å². The zero-order valence-electron chi connectivity index (χ0n) is 11.5. The molecule has 4 heteroatoms. The van der Waals surface area contributed by atoms with Crippen molar-refractivity contribution in [3.63, 3.8) is 0 Å². The van der Waals surface area contributed by atoms with Crippen molar-refractivity contribution < 1.29 is 9.59 Å². The minimum atomic E-state index is -0.978. The van der Waals surface area contributed by atoms with Gasteiger partial charge in [0.15, 0.2) is 0 Å². The topological polar surface area (TPSA) is 72.2 Å². The van der Waals surface area contributed by atoms with E-state index in [2.05, 4.69) is 26.1 Å². The first-order chi connectivity index (χ1) is 8.12. The molecular weight excluding hydrogens is 228 g/mol. The number of nitrogens with two attached hydrogens (primary N) is 1. The Morgan fingerprint density at radius 2 is 1.56 bits per heavy atom. The maximum Gasteiger partial charge on any atom is 0.313 e. The Bertz CT molecular complexity index is 476. The fraction of sp³-hybridized carbons (Fsp3) is 0.429. The predicted octanol–water partition coefficient (Wildman–Crippen LogP) is 2.02. The summed E-state index contributed by atoms with van der Waals surface area (Å²) in [5.41, 5.74) is 8.68. The number of amides is 2. The van der Waals surface area contributed by atoms with Crippen LogP contribution in [0.1, 0.15) is 37.5 Å². The normalized spacial score (nSPS) is 11.2. The van der Waals surface area contributed by atoms with Crippen molar-refractivity contribution in [1.29, 1.82) is 0 Å². The number of carbonyl (C=O) groups excluding carboxylic acids is 2. The molecule has 0 atom stereocenters. The molecule has 0 aliphatic heterocycles. The Hall–Kier alpha value is -1.84. The van der Waals surface area contributed by atoms with Crippen LogP contribution in [0.5, 0.6) is 0 Å². The van der Waals surface area contributed by atoms with Crippen LogP contribution in [0.25, 0.3) is 0 Å². The molecular formula is C14H20N2O2. The number of benzene rings is 1. The lowest BCUT2D eigenvalue weighted by atomic mass is 9.85. The maximum atomic E-state index is 11.3. The van der Waals surface area contributed by atoms with Gasteiger partial charge in [0.2, 0.25) is 0 Å². The van der Waals surface area contributed by atoms with Crippen molar-refractivity contribution in [1.82, 2.24) is 0 Å². The van der Waals surface area contributed by atoms with E-state index in [1.165, 1.54) is 5.56 Å². The van der Waals surface area contributed by atoms with E-state index in [0.29, 0.717) is 5.69 Å². The molecule has 0 saturated heterocycles. The summed E-state index contributed by atoms with van der Waals surface area (Å²) < 4.78 is 0. The molecule has 0 fully saturated rings. The third-order valence-electron chi connectivity index (χ3n) is 2.86. The highest BCUT2D eigenvalue weighted by atomic mass is 16.2. The van der Waals surface area contributed by atoms with Gasteiger partial charge in [-0.05, 0) is 36.0 Å². The molecule has 0 bridgehead atoms. The summed E-state index contributed by atoms with van der Waals surface area (Å²) >= 11 is 0. The Labute approximate surface area is 108 Å². The van der Waals surface area contributed by atoms with Crippen molar-refractivity contribution in [3.05, 3.63) is 28.8 Å². The molecule has 1 aromatic carbocycles. The van der Waals surface area contributed by atoms with E-state index in [1.54, 1.807) is 0 Å². The van der Waals surface area contributed by atoms with Crippen LogP contribution >= 0.6 is 0 Å². The van der Waals surface area contributed by atoms with Crippen molar-refractivity contribution >= 4 is 17.5 Å². The van der Waals surface area contributed by atoms with E-state index in [-0.39, 0.29) is 5.41 Å².